The highest BCUT2D eigenvalue weighted by atomic mass is 32.2. The quantitative estimate of drug-likeness (QED) is 0.629. The molecule has 0 bridgehead atoms. The first kappa shape index (κ1) is 20.6. The molecule has 0 spiro atoms. The lowest BCUT2D eigenvalue weighted by atomic mass is 10.1. The van der Waals surface area contributed by atoms with Gasteiger partial charge in [-0.3, -0.25) is 4.79 Å². The van der Waals surface area contributed by atoms with Gasteiger partial charge in [-0.1, -0.05) is 30.3 Å². The van der Waals surface area contributed by atoms with Gasteiger partial charge in [0, 0.05) is 18.2 Å². The van der Waals surface area contributed by atoms with Gasteiger partial charge in [0.05, 0.1) is 23.6 Å². The largest absolute Gasteiger partial charge is 0.492 e. The third-order valence-corrected chi connectivity index (χ3v) is 7.23. The van der Waals surface area contributed by atoms with Gasteiger partial charge in [-0.25, -0.2) is 8.42 Å². The van der Waals surface area contributed by atoms with Crippen LogP contribution >= 0.6 is 0 Å². The van der Waals surface area contributed by atoms with E-state index in [0.717, 1.165) is 22.2 Å². The first-order chi connectivity index (χ1) is 14.4. The van der Waals surface area contributed by atoms with E-state index in [1.54, 1.807) is 4.57 Å². The molecular weight excluding hydrogens is 400 g/mol. The molecule has 0 unspecified atom stereocenters. The number of rotatable bonds is 7. The number of hydrogen-bond donors (Lipinski definition) is 1. The second-order valence-electron chi connectivity index (χ2n) is 7.83. The van der Waals surface area contributed by atoms with Crippen molar-refractivity contribution in [2.75, 3.05) is 18.1 Å². The highest BCUT2D eigenvalue weighted by molar-refractivity contribution is 7.91. The topological polar surface area (TPSA) is 77.4 Å². The molecule has 1 fully saturated rings. The fourth-order valence-electron chi connectivity index (χ4n) is 3.87. The maximum absolute atomic E-state index is 13.2. The van der Waals surface area contributed by atoms with Crippen LogP contribution in [0.5, 0.6) is 5.75 Å². The molecule has 0 amide bonds. The number of nitrogens with zero attached hydrogens (tertiary/aromatic N) is 1. The molecular formula is C23H26N2O4S. The van der Waals surface area contributed by atoms with Crippen LogP contribution in [-0.2, 0) is 22.9 Å². The zero-order valence-electron chi connectivity index (χ0n) is 17.0. The summed E-state index contributed by atoms with van der Waals surface area (Å²) in [5, 5.41) is 4.24. The highest BCUT2D eigenvalue weighted by Crippen LogP contribution is 2.17. The molecule has 1 aromatic heterocycles. The molecule has 158 valence electrons. The molecule has 1 atom stereocenters. The van der Waals surface area contributed by atoms with Crippen LogP contribution in [0.2, 0.25) is 0 Å². The Hall–Kier alpha value is -2.64. The summed E-state index contributed by atoms with van der Waals surface area (Å²) in [4.78, 5) is 13.2. The van der Waals surface area contributed by atoms with E-state index in [2.05, 4.69) is 5.32 Å². The van der Waals surface area contributed by atoms with Crippen molar-refractivity contribution in [3.8, 4) is 5.75 Å². The lowest BCUT2D eigenvalue weighted by Crippen LogP contribution is -2.34. The number of aryl methyl sites for hydroxylation is 1. The predicted molar refractivity (Wildman–Crippen MR) is 119 cm³/mol. The third kappa shape index (κ3) is 4.74. The van der Waals surface area contributed by atoms with Crippen molar-refractivity contribution >= 4 is 20.7 Å². The summed E-state index contributed by atoms with van der Waals surface area (Å²) in [6, 6.07) is 17.4. The normalized spacial score (nSPS) is 18.0. The average molecular weight is 427 g/mol. The number of fused-ring (bicyclic) bond motifs is 1. The molecule has 0 aliphatic carbocycles. The van der Waals surface area contributed by atoms with Crippen molar-refractivity contribution in [3.05, 3.63) is 76.1 Å². The SMILES string of the molecule is Cc1ccc2cc(CN[C@@H]3CCS(=O)(=O)C3)c(=O)n(CCOc3ccccc3)c2c1. The van der Waals surface area contributed by atoms with Gasteiger partial charge in [0.2, 0.25) is 0 Å². The van der Waals surface area contributed by atoms with Crippen LogP contribution in [0.4, 0.5) is 0 Å². The Morgan fingerprint density at radius 1 is 1.13 bits per heavy atom. The van der Waals surface area contributed by atoms with E-state index in [1.165, 1.54) is 0 Å². The Bertz CT molecular complexity index is 1200. The first-order valence-corrected chi connectivity index (χ1v) is 12.0. The Balaban J connectivity index is 1.57. The number of para-hydroxylation sites is 1. The predicted octanol–water partition coefficient (Wildman–Crippen LogP) is 2.67. The minimum atomic E-state index is -2.96. The molecule has 0 saturated carbocycles. The van der Waals surface area contributed by atoms with E-state index < -0.39 is 9.84 Å². The van der Waals surface area contributed by atoms with E-state index in [4.69, 9.17) is 4.74 Å². The van der Waals surface area contributed by atoms with Crippen LogP contribution in [0.1, 0.15) is 17.5 Å². The molecule has 6 nitrogen and oxygen atoms in total. The molecule has 1 aliphatic rings. The van der Waals surface area contributed by atoms with Crippen molar-refractivity contribution in [1.82, 2.24) is 9.88 Å². The molecule has 2 aromatic carbocycles. The minimum Gasteiger partial charge on any atom is -0.492 e. The van der Waals surface area contributed by atoms with Crippen LogP contribution in [0.25, 0.3) is 10.9 Å². The van der Waals surface area contributed by atoms with Crippen LogP contribution in [0.3, 0.4) is 0 Å². The molecule has 3 aromatic rings. The summed E-state index contributed by atoms with van der Waals surface area (Å²) >= 11 is 0. The van der Waals surface area contributed by atoms with Gasteiger partial charge < -0.3 is 14.6 Å². The third-order valence-electron chi connectivity index (χ3n) is 5.47. The Morgan fingerprint density at radius 2 is 1.93 bits per heavy atom. The summed E-state index contributed by atoms with van der Waals surface area (Å²) in [5.74, 6) is 1.12. The number of benzene rings is 2. The molecule has 1 aliphatic heterocycles. The zero-order valence-corrected chi connectivity index (χ0v) is 17.8. The maximum atomic E-state index is 13.2. The molecule has 1 saturated heterocycles. The monoisotopic (exact) mass is 426 g/mol. The minimum absolute atomic E-state index is 0.0712. The summed E-state index contributed by atoms with van der Waals surface area (Å²) in [6.07, 6.45) is 0.591. The number of nitrogens with one attached hydrogen (secondary N) is 1. The van der Waals surface area contributed by atoms with E-state index in [-0.39, 0.29) is 23.1 Å². The molecule has 1 N–H and O–H groups in total. The lowest BCUT2D eigenvalue weighted by molar-refractivity contribution is 0.298. The van der Waals surface area contributed by atoms with Gasteiger partial charge in [0.15, 0.2) is 9.84 Å². The highest BCUT2D eigenvalue weighted by Gasteiger charge is 2.27. The second-order valence-corrected chi connectivity index (χ2v) is 10.1. The molecule has 0 radical (unpaired) electrons. The number of pyridine rings is 1. The Kier molecular flexibility index (Phi) is 5.92. The average Bonchev–Trinajstić information content (AvgIpc) is 3.08. The number of ether oxygens (including phenoxy) is 1. The summed E-state index contributed by atoms with van der Waals surface area (Å²) in [5.41, 5.74) is 2.53. The van der Waals surface area contributed by atoms with Crippen LogP contribution in [0.15, 0.2) is 59.4 Å². The lowest BCUT2D eigenvalue weighted by Gasteiger charge is -2.16. The maximum Gasteiger partial charge on any atom is 0.255 e. The smallest absolute Gasteiger partial charge is 0.255 e. The van der Waals surface area contributed by atoms with Crippen molar-refractivity contribution in [1.29, 1.82) is 0 Å². The van der Waals surface area contributed by atoms with Crippen LogP contribution in [-0.4, -0.2) is 37.1 Å². The van der Waals surface area contributed by atoms with Crippen molar-refractivity contribution < 1.29 is 13.2 Å². The number of sulfone groups is 1. The van der Waals surface area contributed by atoms with Crippen molar-refractivity contribution in [2.24, 2.45) is 0 Å². The molecule has 2 heterocycles. The van der Waals surface area contributed by atoms with Gasteiger partial charge >= 0.3 is 0 Å². The summed E-state index contributed by atoms with van der Waals surface area (Å²) in [6.45, 7) is 3.16. The second kappa shape index (κ2) is 8.62. The van der Waals surface area contributed by atoms with Crippen LogP contribution < -0.4 is 15.6 Å². The van der Waals surface area contributed by atoms with Gasteiger partial charge in [0.25, 0.3) is 5.56 Å². The molecule has 4 rings (SSSR count). The van der Waals surface area contributed by atoms with E-state index in [1.807, 2.05) is 61.5 Å². The fraction of sp³-hybridized carbons (Fsp3) is 0.348. The Morgan fingerprint density at radius 3 is 2.67 bits per heavy atom. The molecule has 30 heavy (non-hydrogen) atoms. The van der Waals surface area contributed by atoms with Gasteiger partial charge in [-0.15, -0.1) is 0 Å². The molecule has 7 heteroatoms. The fourth-order valence-corrected chi connectivity index (χ4v) is 5.58. The Labute approximate surface area is 176 Å². The van der Waals surface area contributed by atoms with Gasteiger partial charge in [-0.2, -0.15) is 0 Å². The van der Waals surface area contributed by atoms with E-state index in [9.17, 15) is 13.2 Å². The summed E-state index contributed by atoms with van der Waals surface area (Å²) < 4.78 is 31.0. The van der Waals surface area contributed by atoms with Gasteiger partial charge in [-0.05, 0) is 48.6 Å². The van der Waals surface area contributed by atoms with E-state index in [0.29, 0.717) is 31.7 Å². The number of aromatic nitrogens is 1. The van der Waals surface area contributed by atoms with Gasteiger partial charge in [0.1, 0.15) is 12.4 Å². The zero-order chi connectivity index (χ0) is 21.1. The first-order valence-electron chi connectivity index (χ1n) is 10.2. The summed E-state index contributed by atoms with van der Waals surface area (Å²) in [7, 11) is -2.96. The van der Waals surface area contributed by atoms with E-state index >= 15 is 0 Å². The standard InChI is InChI=1S/C23H26N2O4S/c1-17-7-8-18-14-19(15-24-20-9-12-30(27,28)16-20)23(26)25(22(18)13-17)10-11-29-21-5-3-2-4-6-21/h2-8,13-14,20,24H,9-12,15-16H2,1H3/t20-/m1/s1. The van der Waals surface area contributed by atoms with Crippen molar-refractivity contribution in [3.63, 3.8) is 0 Å². The number of hydrogen-bond acceptors (Lipinski definition) is 5. The van der Waals surface area contributed by atoms with Crippen molar-refractivity contribution in [2.45, 2.75) is 32.5 Å². The van der Waals surface area contributed by atoms with Crippen LogP contribution in [0, 0.1) is 6.92 Å².